The lowest BCUT2D eigenvalue weighted by Gasteiger charge is -2.28. The second-order valence-corrected chi connectivity index (χ2v) is 6.00. The van der Waals surface area contributed by atoms with Gasteiger partial charge in [-0.05, 0) is 31.0 Å². The number of ether oxygens (including phenoxy) is 1. The third-order valence-electron chi connectivity index (χ3n) is 4.29. The molecule has 6 nitrogen and oxygen atoms in total. The van der Waals surface area contributed by atoms with Gasteiger partial charge in [0.15, 0.2) is 0 Å². The Balaban J connectivity index is 2.84. The smallest absolute Gasteiger partial charge is 0.252 e. The Hall–Kier alpha value is -1.63. The highest BCUT2D eigenvalue weighted by atomic mass is 35.5. The summed E-state index contributed by atoms with van der Waals surface area (Å²) in [5.74, 6) is -0.420. The number of carbonyl (C=O) groups is 2. The van der Waals surface area contributed by atoms with Crippen molar-refractivity contribution in [1.82, 2.24) is 5.32 Å². The van der Waals surface area contributed by atoms with Gasteiger partial charge in [0.05, 0.1) is 22.6 Å². The summed E-state index contributed by atoms with van der Waals surface area (Å²) in [4.78, 5) is 24.5. The second kappa shape index (κ2) is 9.61. The van der Waals surface area contributed by atoms with E-state index in [9.17, 15) is 9.59 Å². The molecule has 0 fully saturated rings. The largest absolute Gasteiger partial charge is 0.383 e. The molecule has 0 aliphatic rings. The summed E-state index contributed by atoms with van der Waals surface area (Å²) in [5.41, 5.74) is 6.08. The first-order chi connectivity index (χ1) is 11.4. The number of anilines is 1. The lowest BCUT2D eigenvalue weighted by atomic mass is 9.81. The molecule has 2 amide bonds. The average molecular weight is 356 g/mol. The van der Waals surface area contributed by atoms with Crippen LogP contribution in [0.25, 0.3) is 0 Å². The zero-order valence-corrected chi connectivity index (χ0v) is 15.2. The van der Waals surface area contributed by atoms with Crippen molar-refractivity contribution in [3.63, 3.8) is 0 Å². The van der Waals surface area contributed by atoms with Crippen LogP contribution in [0.1, 0.15) is 37.0 Å². The van der Waals surface area contributed by atoms with Gasteiger partial charge in [-0.3, -0.25) is 9.59 Å². The molecule has 0 atom stereocenters. The van der Waals surface area contributed by atoms with Gasteiger partial charge < -0.3 is 21.1 Å². The molecule has 134 valence electrons. The van der Waals surface area contributed by atoms with E-state index in [0.717, 1.165) is 0 Å². The summed E-state index contributed by atoms with van der Waals surface area (Å²) in [6, 6.07) is 4.81. The van der Waals surface area contributed by atoms with E-state index >= 15 is 0 Å². The predicted molar refractivity (Wildman–Crippen MR) is 96.4 cm³/mol. The number of hydrogen-bond acceptors (Lipinski definition) is 4. The summed E-state index contributed by atoms with van der Waals surface area (Å²) in [6.45, 7) is 4.98. The summed E-state index contributed by atoms with van der Waals surface area (Å²) in [5, 5.41) is 5.81. The van der Waals surface area contributed by atoms with Crippen molar-refractivity contribution in [2.45, 2.75) is 26.7 Å². The number of nitrogens with two attached hydrogens (primary N) is 1. The summed E-state index contributed by atoms with van der Waals surface area (Å²) >= 11 is 6.17. The summed E-state index contributed by atoms with van der Waals surface area (Å²) < 4.78 is 4.88. The first-order valence-corrected chi connectivity index (χ1v) is 8.40. The number of methoxy groups -OCH3 is 1. The quantitative estimate of drug-likeness (QED) is 0.593. The van der Waals surface area contributed by atoms with Gasteiger partial charge in [0.25, 0.3) is 5.91 Å². The van der Waals surface area contributed by atoms with Crippen LogP contribution in [-0.4, -0.2) is 38.6 Å². The van der Waals surface area contributed by atoms with E-state index < -0.39 is 5.41 Å². The molecule has 24 heavy (non-hydrogen) atoms. The van der Waals surface area contributed by atoms with Crippen molar-refractivity contribution in [2.75, 3.05) is 32.1 Å². The third-order valence-corrected chi connectivity index (χ3v) is 4.60. The zero-order valence-electron chi connectivity index (χ0n) is 14.4. The Morgan fingerprint density at radius 3 is 2.46 bits per heavy atom. The number of hydrogen-bond donors (Lipinski definition) is 3. The Kier molecular flexibility index (Phi) is 8.18. The lowest BCUT2D eigenvalue weighted by Crippen LogP contribution is -2.41. The standard InChI is InChI=1S/C17H26ClN3O3/c1-4-17(5-2,11-19)16(23)21-12-6-7-13(14(18)10-12)15(22)20-8-9-24-3/h6-7,10H,4-5,8-9,11,19H2,1-3H3,(H,20,22)(H,21,23). The van der Waals surface area contributed by atoms with Crippen molar-refractivity contribution < 1.29 is 14.3 Å². The number of benzene rings is 1. The van der Waals surface area contributed by atoms with Crippen molar-refractivity contribution in [3.05, 3.63) is 28.8 Å². The van der Waals surface area contributed by atoms with E-state index in [1.807, 2.05) is 13.8 Å². The molecule has 7 heteroatoms. The zero-order chi connectivity index (χ0) is 18.2. The van der Waals surface area contributed by atoms with Gasteiger partial charge in [-0.25, -0.2) is 0 Å². The molecule has 1 aromatic carbocycles. The van der Waals surface area contributed by atoms with Gasteiger partial charge in [-0.1, -0.05) is 25.4 Å². The van der Waals surface area contributed by atoms with Crippen molar-refractivity contribution >= 4 is 29.1 Å². The molecular weight excluding hydrogens is 330 g/mol. The number of halogens is 1. The third kappa shape index (κ3) is 4.93. The van der Waals surface area contributed by atoms with Crippen LogP contribution < -0.4 is 16.4 Å². The topological polar surface area (TPSA) is 93.5 Å². The Morgan fingerprint density at radius 2 is 1.96 bits per heavy atom. The fourth-order valence-corrected chi connectivity index (χ4v) is 2.62. The van der Waals surface area contributed by atoms with E-state index in [1.165, 1.54) is 0 Å². The number of rotatable bonds is 9. The van der Waals surface area contributed by atoms with Gasteiger partial charge in [0, 0.05) is 25.9 Å². The molecule has 0 unspecified atom stereocenters. The van der Waals surface area contributed by atoms with Crippen LogP contribution in [-0.2, 0) is 9.53 Å². The van der Waals surface area contributed by atoms with Crippen LogP contribution in [0.15, 0.2) is 18.2 Å². The number of nitrogens with one attached hydrogen (secondary N) is 2. The van der Waals surface area contributed by atoms with Gasteiger partial charge in [-0.15, -0.1) is 0 Å². The molecule has 0 saturated heterocycles. The monoisotopic (exact) mass is 355 g/mol. The molecule has 1 rings (SSSR count). The van der Waals surface area contributed by atoms with Gasteiger partial charge in [0.1, 0.15) is 0 Å². The molecular formula is C17H26ClN3O3. The van der Waals surface area contributed by atoms with Crippen molar-refractivity contribution in [1.29, 1.82) is 0 Å². The molecule has 0 radical (unpaired) electrons. The van der Waals surface area contributed by atoms with Gasteiger partial charge in [-0.2, -0.15) is 0 Å². The van der Waals surface area contributed by atoms with Crippen LogP contribution in [0.5, 0.6) is 0 Å². The summed E-state index contributed by atoms with van der Waals surface area (Å²) in [7, 11) is 1.56. The SMILES string of the molecule is CCC(CC)(CN)C(=O)Nc1ccc(C(=O)NCCOC)c(Cl)c1. The van der Waals surface area contributed by atoms with Crippen LogP contribution in [0.2, 0.25) is 5.02 Å². The Morgan fingerprint density at radius 1 is 1.29 bits per heavy atom. The van der Waals surface area contributed by atoms with Gasteiger partial charge >= 0.3 is 0 Å². The first kappa shape index (κ1) is 20.4. The molecule has 0 aromatic heterocycles. The van der Waals surface area contributed by atoms with E-state index in [1.54, 1.807) is 25.3 Å². The van der Waals surface area contributed by atoms with Crippen LogP contribution in [0.4, 0.5) is 5.69 Å². The Bertz CT molecular complexity index is 566. The first-order valence-electron chi connectivity index (χ1n) is 8.02. The molecule has 0 bridgehead atoms. The highest BCUT2D eigenvalue weighted by Crippen LogP contribution is 2.28. The average Bonchev–Trinajstić information content (AvgIpc) is 2.57. The maximum absolute atomic E-state index is 12.5. The molecule has 0 spiro atoms. The van der Waals surface area contributed by atoms with E-state index in [2.05, 4.69) is 10.6 Å². The minimum atomic E-state index is -0.595. The van der Waals surface area contributed by atoms with Crippen LogP contribution in [0.3, 0.4) is 0 Å². The number of amides is 2. The highest BCUT2D eigenvalue weighted by molar-refractivity contribution is 6.34. The van der Waals surface area contributed by atoms with E-state index in [0.29, 0.717) is 37.2 Å². The molecule has 1 aromatic rings. The minimum absolute atomic E-state index is 0.136. The highest BCUT2D eigenvalue weighted by Gasteiger charge is 2.33. The fourth-order valence-electron chi connectivity index (χ4n) is 2.36. The molecule has 0 saturated carbocycles. The van der Waals surface area contributed by atoms with Crippen LogP contribution in [0, 0.1) is 5.41 Å². The predicted octanol–water partition coefficient (Wildman–Crippen LogP) is 2.42. The maximum atomic E-state index is 12.5. The Labute approximate surface area is 148 Å². The lowest BCUT2D eigenvalue weighted by molar-refractivity contribution is -0.125. The molecule has 0 aliphatic heterocycles. The summed E-state index contributed by atoms with van der Waals surface area (Å²) in [6.07, 6.45) is 1.30. The second-order valence-electron chi connectivity index (χ2n) is 5.59. The maximum Gasteiger partial charge on any atom is 0.252 e. The van der Waals surface area contributed by atoms with Crippen LogP contribution >= 0.6 is 11.6 Å². The van der Waals surface area contributed by atoms with Crippen molar-refractivity contribution in [2.24, 2.45) is 11.1 Å². The number of carbonyl (C=O) groups excluding carboxylic acids is 2. The van der Waals surface area contributed by atoms with E-state index in [4.69, 9.17) is 22.1 Å². The normalized spacial score (nSPS) is 11.2. The van der Waals surface area contributed by atoms with Crippen molar-refractivity contribution in [3.8, 4) is 0 Å². The molecule has 0 heterocycles. The molecule has 0 aliphatic carbocycles. The van der Waals surface area contributed by atoms with E-state index in [-0.39, 0.29) is 23.4 Å². The minimum Gasteiger partial charge on any atom is -0.383 e. The van der Waals surface area contributed by atoms with Gasteiger partial charge in [0.2, 0.25) is 5.91 Å². The molecule has 4 N–H and O–H groups in total. The fraction of sp³-hybridized carbons (Fsp3) is 0.529.